The molecule has 0 unspecified atom stereocenters. The summed E-state index contributed by atoms with van der Waals surface area (Å²) in [5.41, 5.74) is -0.269. The van der Waals surface area contributed by atoms with Gasteiger partial charge in [-0.1, -0.05) is 0 Å². The molecule has 2 rings (SSSR count). The quantitative estimate of drug-likeness (QED) is 0.273. The second-order valence-electron chi connectivity index (χ2n) is 3.81. The van der Waals surface area contributed by atoms with Crippen molar-refractivity contribution in [1.29, 1.82) is 0 Å². The number of methoxy groups -OCH3 is 1. The van der Waals surface area contributed by atoms with Gasteiger partial charge in [0.15, 0.2) is 6.20 Å². The Morgan fingerprint density at radius 2 is 2.19 bits per heavy atom. The largest absolute Gasteiger partial charge is 0.619 e. The number of rotatable bonds is 4. The third-order valence-corrected chi connectivity index (χ3v) is 2.44. The molecule has 9 heteroatoms. The van der Waals surface area contributed by atoms with E-state index in [-0.39, 0.29) is 22.7 Å². The molecule has 0 aromatic carbocycles. The minimum Gasteiger partial charge on any atom is -0.619 e. The molecule has 0 aliphatic heterocycles. The van der Waals surface area contributed by atoms with Crippen LogP contribution in [0.25, 0.3) is 0 Å². The number of nitrogens with zero attached hydrogens (tertiary/aromatic N) is 3. The van der Waals surface area contributed by atoms with Crippen LogP contribution >= 0.6 is 0 Å². The SMILES string of the molecule is COC(=O)c1cncc(Oc2c[n+]([O-])ccc2[N+](=O)[O-])c1. The summed E-state index contributed by atoms with van der Waals surface area (Å²) in [6.07, 6.45) is 4.39. The lowest BCUT2D eigenvalue weighted by molar-refractivity contribution is -0.606. The topological polar surface area (TPSA) is 118 Å². The van der Waals surface area contributed by atoms with Crippen molar-refractivity contribution in [3.63, 3.8) is 0 Å². The Kier molecular flexibility index (Phi) is 3.93. The molecule has 0 N–H and O–H groups in total. The molecule has 0 radical (unpaired) electrons. The van der Waals surface area contributed by atoms with Gasteiger partial charge in [-0.05, 0) is 6.07 Å². The van der Waals surface area contributed by atoms with Gasteiger partial charge in [-0.15, -0.1) is 0 Å². The van der Waals surface area contributed by atoms with Gasteiger partial charge < -0.3 is 14.7 Å². The first kappa shape index (κ1) is 14.2. The number of esters is 1. The number of nitro groups is 1. The lowest BCUT2D eigenvalue weighted by Crippen LogP contribution is -2.24. The van der Waals surface area contributed by atoms with Gasteiger partial charge >= 0.3 is 11.7 Å². The summed E-state index contributed by atoms with van der Waals surface area (Å²) >= 11 is 0. The van der Waals surface area contributed by atoms with Gasteiger partial charge in [-0.2, -0.15) is 4.73 Å². The lowest BCUT2D eigenvalue weighted by Gasteiger charge is -2.06. The summed E-state index contributed by atoms with van der Waals surface area (Å²) in [5, 5.41) is 22.1. The molecule has 108 valence electrons. The van der Waals surface area contributed by atoms with Crippen LogP contribution in [-0.4, -0.2) is 23.0 Å². The molecular weight excluding hydrogens is 282 g/mol. The predicted octanol–water partition coefficient (Wildman–Crippen LogP) is 1.20. The fourth-order valence-corrected chi connectivity index (χ4v) is 1.51. The molecule has 0 atom stereocenters. The maximum Gasteiger partial charge on any atom is 0.339 e. The Bertz CT molecular complexity index is 703. The van der Waals surface area contributed by atoms with Gasteiger partial charge in [0.05, 0.1) is 29.9 Å². The van der Waals surface area contributed by atoms with Crippen molar-refractivity contribution in [2.75, 3.05) is 7.11 Å². The highest BCUT2D eigenvalue weighted by Gasteiger charge is 2.20. The Morgan fingerprint density at radius 3 is 2.86 bits per heavy atom. The molecular formula is C12H9N3O6. The predicted molar refractivity (Wildman–Crippen MR) is 67.7 cm³/mol. The van der Waals surface area contributed by atoms with Crippen molar-refractivity contribution in [3.05, 3.63) is 57.8 Å². The van der Waals surface area contributed by atoms with E-state index in [0.717, 1.165) is 18.5 Å². The van der Waals surface area contributed by atoms with E-state index in [1.807, 2.05) is 0 Å². The Balaban J connectivity index is 2.36. The van der Waals surface area contributed by atoms with Gasteiger partial charge in [0.2, 0.25) is 6.20 Å². The Morgan fingerprint density at radius 1 is 1.43 bits per heavy atom. The first-order valence-electron chi connectivity index (χ1n) is 5.59. The van der Waals surface area contributed by atoms with Crippen LogP contribution in [0.3, 0.4) is 0 Å². The zero-order valence-corrected chi connectivity index (χ0v) is 10.8. The highest BCUT2D eigenvalue weighted by atomic mass is 16.6. The van der Waals surface area contributed by atoms with Crippen molar-refractivity contribution >= 4 is 11.7 Å². The smallest absolute Gasteiger partial charge is 0.339 e. The molecule has 0 spiro atoms. The lowest BCUT2D eigenvalue weighted by atomic mass is 10.3. The van der Waals surface area contributed by atoms with Crippen LogP contribution in [-0.2, 0) is 4.74 Å². The van der Waals surface area contributed by atoms with Crippen LogP contribution in [0, 0.1) is 15.3 Å². The minimum absolute atomic E-state index is 0.0622. The number of pyridine rings is 2. The van der Waals surface area contributed by atoms with Crippen LogP contribution in [0.1, 0.15) is 10.4 Å². The van der Waals surface area contributed by atoms with Crippen LogP contribution in [0.5, 0.6) is 11.5 Å². The van der Waals surface area contributed by atoms with Crippen LogP contribution in [0.2, 0.25) is 0 Å². The van der Waals surface area contributed by atoms with Crippen LogP contribution in [0.4, 0.5) is 5.69 Å². The molecule has 9 nitrogen and oxygen atoms in total. The number of carbonyl (C=O) groups is 1. The fourth-order valence-electron chi connectivity index (χ4n) is 1.51. The second-order valence-corrected chi connectivity index (χ2v) is 3.81. The van der Waals surface area contributed by atoms with E-state index < -0.39 is 10.9 Å². The van der Waals surface area contributed by atoms with Gasteiger partial charge in [0.1, 0.15) is 5.75 Å². The van der Waals surface area contributed by atoms with Crippen molar-refractivity contribution in [1.82, 2.24) is 4.98 Å². The van der Waals surface area contributed by atoms with E-state index in [9.17, 15) is 20.1 Å². The molecule has 2 heterocycles. The molecule has 0 bridgehead atoms. The zero-order valence-electron chi connectivity index (χ0n) is 10.8. The fraction of sp³-hybridized carbons (Fsp3) is 0.0833. The van der Waals surface area contributed by atoms with Crippen molar-refractivity contribution in [3.8, 4) is 11.5 Å². The van der Waals surface area contributed by atoms with Crippen LogP contribution in [0.15, 0.2) is 36.9 Å². The molecule has 2 aromatic heterocycles. The van der Waals surface area contributed by atoms with E-state index in [2.05, 4.69) is 9.72 Å². The molecule has 2 aromatic rings. The summed E-state index contributed by atoms with van der Waals surface area (Å²) < 4.78 is 10.1. The number of ether oxygens (including phenoxy) is 2. The number of aromatic nitrogens is 2. The summed E-state index contributed by atoms with van der Waals surface area (Å²) in [7, 11) is 1.21. The monoisotopic (exact) mass is 291 g/mol. The molecule has 0 saturated carbocycles. The van der Waals surface area contributed by atoms with Crippen molar-refractivity contribution in [2.45, 2.75) is 0 Å². The third-order valence-electron chi connectivity index (χ3n) is 2.44. The Labute approximate surface area is 118 Å². The van der Waals surface area contributed by atoms with Gasteiger partial charge in [0.25, 0.3) is 5.75 Å². The maximum atomic E-state index is 11.4. The average Bonchev–Trinajstić information content (AvgIpc) is 2.46. The third kappa shape index (κ3) is 3.21. The Hall–Kier alpha value is -3.23. The van der Waals surface area contributed by atoms with E-state index in [0.29, 0.717) is 4.73 Å². The van der Waals surface area contributed by atoms with E-state index in [1.54, 1.807) is 0 Å². The van der Waals surface area contributed by atoms with E-state index in [1.165, 1.54) is 25.6 Å². The first-order chi connectivity index (χ1) is 10.0. The molecule has 0 aliphatic carbocycles. The summed E-state index contributed by atoms with van der Waals surface area (Å²) in [6.45, 7) is 0. The van der Waals surface area contributed by atoms with E-state index in [4.69, 9.17) is 4.74 Å². The zero-order chi connectivity index (χ0) is 15.4. The maximum absolute atomic E-state index is 11.4. The number of carbonyl (C=O) groups excluding carboxylic acids is 1. The van der Waals surface area contributed by atoms with Crippen molar-refractivity contribution in [2.24, 2.45) is 0 Å². The molecule has 0 saturated heterocycles. The minimum atomic E-state index is -0.688. The first-order valence-corrected chi connectivity index (χ1v) is 5.59. The summed E-state index contributed by atoms with van der Waals surface area (Å²) in [4.78, 5) is 25.3. The van der Waals surface area contributed by atoms with Gasteiger partial charge in [0, 0.05) is 6.20 Å². The summed E-state index contributed by atoms with van der Waals surface area (Å²) in [6, 6.07) is 2.31. The number of hydrogen-bond donors (Lipinski definition) is 0. The summed E-state index contributed by atoms with van der Waals surface area (Å²) in [5.74, 6) is -0.831. The molecule has 0 fully saturated rings. The molecule has 0 amide bonds. The number of hydrogen-bond acceptors (Lipinski definition) is 7. The highest BCUT2D eigenvalue weighted by molar-refractivity contribution is 5.89. The highest BCUT2D eigenvalue weighted by Crippen LogP contribution is 2.29. The van der Waals surface area contributed by atoms with Gasteiger partial charge in [-0.3, -0.25) is 15.1 Å². The normalized spacial score (nSPS) is 9.95. The standard InChI is InChI=1S/C12H9N3O6/c1-20-12(16)8-4-9(6-13-5-8)21-11-7-14(17)3-2-10(11)15(18)19/h2-7H,1H3. The van der Waals surface area contributed by atoms with Crippen LogP contribution < -0.4 is 9.47 Å². The average molecular weight is 291 g/mol. The molecule has 21 heavy (non-hydrogen) atoms. The van der Waals surface area contributed by atoms with E-state index >= 15 is 0 Å². The molecule has 0 aliphatic rings. The van der Waals surface area contributed by atoms with Gasteiger partial charge in [-0.25, -0.2) is 4.79 Å². The van der Waals surface area contributed by atoms with Crippen molar-refractivity contribution < 1.29 is 23.9 Å². The second kappa shape index (κ2) is 5.82.